The van der Waals surface area contributed by atoms with Gasteiger partial charge in [0.25, 0.3) is 0 Å². The molecule has 6 aromatic rings. The lowest BCUT2D eigenvalue weighted by molar-refractivity contribution is -0.142. The van der Waals surface area contributed by atoms with Gasteiger partial charge in [-0.25, -0.2) is 16.5 Å². The summed E-state index contributed by atoms with van der Waals surface area (Å²) in [6.07, 6.45) is 2.02. The average molecular weight is 743 g/mol. The van der Waals surface area contributed by atoms with E-state index < -0.39 is 18.6 Å². The quantitative estimate of drug-likeness (QED) is 0.136. The molecule has 1 N–H and O–H groups in total. The zero-order chi connectivity index (χ0) is 38.4. The van der Waals surface area contributed by atoms with Crippen LogP contribution in [0.3, 0.4) is 0 Å². The summed E-state index contributed by atoms with van der Waals surface area (Å²) in [5.74, 6) is -0.342. The van der Waals surface area contributed by atoms with Crippen LogP contribution in [0.2, 0.25) is 0 Å². The van der Waals surface area contributed by atoms with Crippen molar-refractivity contribution in [3.8, 4) is 45.9 Å². The molecule has 1 unspecified atom stereocenters. The van der Waals surface area contributed by atoms with Crippen LogP contribution in [0.15, 0.2) is 69.5 Å². The first-order chi connectivity index (χ1) is 26.6. The Bertz CT molecular complexity index is 2550. The molecule has 13 heteroatoms. The van der Waals surface area contributed by atoms with Crippen molar-refractivity contribution < 1.29 is 32.3 Å². The molecule has 11 nitrogen and oxygen atoms in total. The molecule has 2 saturated heterocycles. The number of ether oxygens (including phenoxy) is 1. The van der Waals surface area contributed by atoms with Crippen molar-refractivity contribution >= 4 is 28.2 Å². The van der Waals surface area contributed by atoms with Gasteiger partial charge in [-0.15, -0.1) is 0 Å². The molecule has 2 aliphatic rings. The van der Waals surface area contributed by atoms with Crippen LogP contribution in [0, 0.1) is 31.8 Å². The number of nitriles is 1. The first-order valence-electron chi connectivity index (χ1n) is 18.1. The molecular formula is C42H36F2N6O5. The molecule has 4 aromatic carbocycles. The molecule has 0 saturated carbocycles. The number of nitrogens with zero attached hydrogens (tertiary/aromatic N) is 6. The minimum Gasteiger partial charge on any atom is -0.480 e. The Hall–Kier alpha value is -6.15. The van der Waals surface area contributed by atoms with Crippen molar-refractivity contribution in [2.75, 3.05) is 19.6 Å². The molecule has 2 atom stereocenters. The van der Waals surface area contributed by atoms with Gasteiger partial charge in [-0.2, -0.15) is 14.0 Å². The molecule has 0 spiro atoms. The smallest absolute Gasteiger partial charge is 0.387 e. The number of aliphatic carboxylic acids is 1. The number of hydrogen-bond donors (Lipinski definition) is 1. The molecule has 8 rings (SSSR count). The predicted octanol–water partition coefficient (Wildman–Crippen LogP) is 8.60. The monoisotopic (exact) mass is 742 g/mol. The average Bonchev–Trinajstić information content (AvgIpc) is 3.98. The SMILES string of the molecule is [C-]#[N+]C1CCN(Cc2cc(C#N)c3oc(-c4cccc(-c5cccc(-c6nc7cc(CN8CCC[C@@H]8C(=O)O)c(OC(F)F)cc7o6)c5C)c4C)nc3c2)C1. The standard InChI is InChI=1S/C42H36F2N6O5/c1-23-29(7-4-9-31(23)39-47-33-17-27(21-50-13-6-11-35(50)41(51)52)36(54-42(43)44)18-37(33)53-39)30-8-5-10-32(24(30)2)40-48-34-16-25(15-26(19-45)38(34)55-40)20-49-14-12-28(22-49)46-3/h4-5,7-10,15-18,28,35,42H,6,11-14,20-22H2,1-2H3,(H,51,52)/t28?,35-/m1/s1. The third-order valence-corrected chi connectivity index (χ3v) is 10.7. The Morgan fingerprint density at radius 3 is 2.33 bits per heavy atom. The Labute approximate surface area is 315 Å². The number of likely N-dealkylation sites (tertiary alicyclic amines) is 2. The zero-order valence-electron chi connectivity index (χ0n) is 30.2. The van der Waals surface area contributed by atoms with Gasteiger partial charge in [0, 0.05) is 48.8 Å². The normalized spacial score (nSPS) is 17.7. The van der Waals surface area contributed by atoms with Crippen LogP contribution >= 0.6 is 0 Å². The van der Waals surface area contributed by atoms with E-state index in [0.29, 0.717) is 77.6 Å². The molecular weight excluding hydrogens is 706 g/mol. The van der Waals surface area contributed by atoms with Crippen molar-refractivity contribution in [3.05, 3.63) is 99.9 Å². The second-order valence-corrected chi connectivity index (χ2v) is 14.2. The second kappa shape index (κ2) is 14.6. The number of fused-ring (bicyclic) bond motifs is 2. The van der Waals surface area contributed by atoms with E-state index in [4.69, 9.17) is 30.1 Å². The molecule has 2 aliphatic heterocycles. The number of benzene rings is 4. The van der Waals surface area contributed by atoms with Crippen molar-refractivity contribution in [1.82, 2.24) is 19.8 Å². The van der Waals surface area contributed by atoms with Gasteiger partial charge in [-0.3, -0.25) is 14.6 Å². The van der Waals surface area contributed by atoms with Crippen LogP contribution in [-0.4, -0.2) is 69.2 Å². The van der Waals surface area contributed by atoms with Crippen molar-refractivity contribution in [3.63, 3.8) is 0 Å². The van der Waals surface area contributed by atoms with Crippen molar-refractivity contribution in [1.29, 1.82) is 5.26 Å². The van der Waals surface area contributed by atoms with Crippen LogP contribution in [0.4, 0.5) is 8.78 Å². The first-order valence-corrected chi connectivity index (χ1v) is 18.1. The Balaban J connectivity index is 1.12. The van der Waals surface area contributed by atoms with E-state index in [1.807, 2.05) is 62.4 Å². The Morgan fingerprint density at radius 2 is 1.67 bits per heavy atom. The van der Waals surface area contributed by atoms with E-state index in [9.17, 15) is 23.9 Å². The number of carboxylic acids is 1. The lowest BCUT2D eigenvalue weighted by Crippen LogP contribution is -2.35. The largest absolute Gasteiger partial charge is 0.480 e. The summed E-state index contributed by atoms with van der Waals surface area (Å²) in [6, 6.07) is 20.0. The molecule has 2 aromatic heterocycles. The maximum Gasteiger partial charge on any atom is 0.387 e. The highest BCUT2D eigenvalue weighted by Crippen LogP contribution is 2.39. The van der Waals surface area contributed by atoms with Crippen LogP contribution in [0.25, 0.3) is 61.1 Å². The van der Waals surface area contributed by atoms with Gasteiger partial charge in [-0.1, -0.05) is 24.3 Å². The van der Waals surface area contributed by atoms with Gasteiger partial charge < -0.3 is 23.5 Å². The fourth-order valence-corrected chi connectivity index (χ4v) is 7.97. The second-order valence-electron chi connectivity index (χ2n) is 14.2. The highest BCUT2D eigenvalue weighted by atomic mass is 19.3. The molecule has 0 radical (unpaired) electrons. The molecule has 2 fully saturated rings. The highest BCUT2D eigenvalue weighted by molar-refractivity contribution is 5.86. The lowest BCUT2D eigenvalue weighted by Gasteiger charge is -2.22. The number of hydrogen-bond acceptors (Lipinski definition) is 9. The molecule has 4 heterocycles. The van der Waals surface area contributed by atoms with E-state index in [1.54, 1.807) is 11.0 Å². The summed E-state index contributed by atoms with van der Waals surface area (Å²) < 4.78 is 44.3. The molecule has 278 valence electrons. The summed E-state index contributed by atoms with van der Waals surface area (Å²) in [5, 5.41) is 19.7. The van der Waals surface area contributed by atoms with Crippen molar-refractivity contribution in [2.24, 2.45) is 0 Å². The third-order valence-electron chi connectivity index (χ3n) is 10.7. The number of alkyl halides is 2. The minimum atomic E-state index is -3.08. The number of halogens is 2. The number of oxazole rings is 2. The molecule has 0 bridgehead atoms. The van der Waals surface area contributed by atoms with Gasteiger partial charge in [0.2, 0.25) is 17.8 Å². The van der Waals surface area contributed by atoms with E-state index in [1.165, 1.54) is 6.07 Å². The summed E-state index contributed by atoms with van der Waals surface area (Å²) >= 11 is 0. The summed E-state index contributed by atoms with van der Waals surface area (Å²) in [7, 11) is 0. The van der Waals surface area contributed by atoms with Crippen molar-refractivity contribution in [2.45, 2.75) is 64.9 Å². The van der Waals surface area contributed by atoms with E-state index >= 15 is 0 Å². The van der Waals surface area contributed by atoms with E-state index in [-0.39, 0.29) is 23.9 Å². The fourth-order valence-electron chi connectivity index (χ4n) is 7.97. The third kappa shape index (κ3) is 6.89. The topological polar surface area (TPSA) is 133 Å². The van der Waals surface area contributed by atoms with Crippen LogP contribution in [0.5, 0.6) is 5.75 Å². The highest BCUT2D eigenvalue weighted by Gasteiger charge is 2.32. The number of carbonyl (C=O) groups is 1. The van der Waals surface area contributed by atoms with Gasteiger partial charge in [0.15, 0.2) is 11.2 Å². The predicted molar refractivity (Wildman–Crippen MR) is 200 cm³/mol. The van der Waals surface area contributed by atoms with E-state index in [0.717, 1.165) is 46.3 Å². The Kier molecular flexibility index (Phi) is 9.51. The molecule has 55 heavy (non-hydrogen) atoms. The number of aromatic nitrogens is 2. The van der Waals surface area contributed by atoms with Gasteiger partial charge in [0.05, 0.1) is 12.1 Å². The first kappa shape index (κ1) is 35.9. The van der Waals surface area contributed by atoms with Crippen LogP contribution in [0.1, 0.15) is 47.1 Å². The number of rotatable bonds is 10. The maximum atomic E-state index is 13.5. The van der Waals surface area contributed by atoms with Gasteiger partial charge in [-0.05, 0) is 91.4 Å². The minimum absolute atomic E-state index is 0.00492. The van der Waals surface area contributed by atoms with E-state index in [2.05, 4.69) is 15.8 Å². The zero-order valence-corrected chi connectivity index (χ0v) is 30.2. The molecule has 0 amide bonds. The van der Waals surface area contributed by atoms with Crippen LogP contribution in [-0.2, 0) is 17.9 Å². The van der Waals surface area contributed by atoms with Gasteiger partial charge in [0.1, 0.15) is 28.9 Å². The maximum absolute atomic E-state index is 13.5. The summed E-state index contributed by atoms with van der Waals surface area (Å²) in [6.45, 7) is 11.0. The molecule has 0 aliphatic carbocycles. The van der Waals surface area contributed by atoms with Gasteiger partial charge >= 0.3 is 12.6 Å². The summed E-state index contributed by atoms with van der Waals surface area (Å²) in [5.41, 5.74) is 8.56. The fraction of sp³-hybridized carbons (Fsp3) is 0.310. The lowest BCUT2D eigenvalue weighted by atomic mass is 9.91. The van der Waals surface area contributed by atoms with Crippen LogP contribution < -0.4 is 4.74 Å². The number of carboxylic acid groups (broad SMARTS) is 1. The Morgan fingerprint density at radius 1 is 0.982 bits per heavy atom. The summed E-state index contributed by atoms with van der Waals surface area (Å²) in [4.78, 5) is 29.1.